The first kappa shape index (κ1) is 26.8. The molecule has 2 aromatic heterocycles. The number of hydrogen-bond acceptors (Lipinski definition) is 8. The molecule has 38 heavy (non-hydrogen) atoms. The number of thiazole rings is 2. The van der Waals surface area contributed by atoms with Crippen molar-refractivity contribution in [3.8, 4) is 10.6 Å². The number of carboxylic acids is 1. The summed E-state index contributed by atoms with van der Waals surface area (Å²) >= 11 is 10.4. The standard InChI is InChI=1S/C27H24ClN3O4S3/c28-18-4-8-23-21(14-18)29-25(38-23)17-3-1-2-16(12-17)13-20(32)7-5-19-6-9-24(33)31(19)10-11-36-27-30-22(15-37-27)26(34)35/h1-5,7-8,12,14-15,19-20,32H,6,9-11,13H2,(H,34,35)/t19-,20+/m0/s1. The van der Waals surface area contributed by atoms with Gasteiger partial charge < -0.3 is 15.1 Å². The predicted octanol–water partition coefficient (Wildman–Crippen LogP) is 6.01. The van der Waals surface area contributed by atoms with Gasteiger partial charge in [-0.05, 0) is 36.2 Å². The molecule has 1 aliphatic heterocycles. The highest BCUT2D eigenvalue weighted by Crippen LogP contribution is 2.32. The normalized spacial score (nSPS) is 16.6. The van der Waals surface area contributed by atoms with Crippen molar-refractivity contribution < 1.29 is 19.8 Å². The average Bonchev–Trinajstić information content (AvgIpc) is 3.62. The number of hydrogen-bond donors (Lipinski definition) is 2. The van der Waals surface area contributed by atoms with E-state index in [1.54, 1.807) is 17.4 Å². The lowest BCUT2D eigenvalue weighted by atomic mass is 10.0. The summed E-state index contributed by atoms with van der Waals surface area (Å²) in [5, 5.41) is 22.8. The molecule has 5 rings (SSSR count). The van der Waals surface area contributed by atoms with Gasteiger partial charge in [0.15, 0.2) is 10.0 Å². The lowest BCUT2D eigenvalue weighted by Crippen LogP contribution is -2.33. The minimum Gasteiger partial charge on any atom is -0.476 e. The van der Waals surface area contributed by atoms with Gasteiger partial charge in [-0.25, -0.2) is 14.8 Å². The smallest absolute Gasteiger partial charge is 0.355 e. The number of carboxylic acid groups (broad SMARTS) is 1. The molecule has 7 nitrogen and oxygen atoms in total. The van der Waals surface area contributed by atoms with E-state index in [4.69, 9.17) is 21.7 Å². The number of benzene rings is 2. The Morgan fingerprint density at radius 1 is 1.26 bits per heavy atom. The fourth-order valence-electron chi connectivity index (χ4n) is 4.32. The summed E-state index contributed by atoms with van der Waals surface area (Å²) in [6, 6.07) is 13.6. The molecule has 1 aliphatic rings. The Morgan fingerprint density at radius 3 is 2.95 bits per heavy atom. The topological polar surface area (TPSA) is 104 Å². The van der Waals surface area contributed by atoms with E-state index in [1.807, 2.05) is 53.4 Å². The van der Waals surface area contributed by atoms with E-state index in [9.17, 15) is 14.7 Å². The molecule has 0 radical (unpaired) electrons. The van der Waals surface area contributed by atoms with Crippen LogP contribution in [0.15, 0.2) is 64.3 Å². The van der Waals surface area contributed by atoms with Gasteiger partial charge in [-0.3, -0.25) is 4.79 Å². The van der Waals surface area contributed by atoms with Crippen molar-refractivity contribution in [3.05, 3.63) is 76.3 Å². The van der Waals surface area contributed by atoms with Gasteiger partial charge in [0.1, 0.15) is 5.01 Å². The van der Waals surface area contributed by atoms with Gasteiger partial charge in [0, 0.05) is 41.1 Å². The maximum atomic E-state index is 12.4. The van der Waals surface area contributed by atoms with E-state index in [0.717, 1.165) is 26.4 Å². The molecule has 1 fully saturated rings. The van der Waals surface area contributed by atoms with Gasteiger partial charge in [0.25, 0.3) is 0 Å². The van der Waals surface area contributed by atoms with Crippen LogP contribution in [0.3, 0.4) is 0 Å². The number of aliphatic hydroxyl groups excluding tert-OH is 1. The Hall–Kier alpha value is -2.76. The van der Waals surface area contributed by atoms with Crippen molar-refractivity contribution in [1.82, 2.24) is 14.9 Å². The minimum atomic E-state index is -1.04. The third-order valence-corrected chi connectivity index (χ3v) is 9.48. The average molecular weight is 586 g/mol. The second-order valence-corrected chi connectivity index (χ2v) is 12.5. The first-order chi connectivity index (χ1) is 18.4. The van der Waals surface area contributed by atoms with Crippen LogP contribution in [-0.2, 0) is 11.2 Å². The summed E-state index contributed by atoms with van der Waals surface area (Å²) in [5.74, 6) is -0.332. The molecule has 1 amide bonds. The summed E-state index contributed by atoms with van der Waals surface area (Å²) < 4.78 is 1.75. The zero-order valence-corrected chi connectivity index (χ0v) is 23.3. The van der Waals surface area contributed by atoms with E-state index in [-0.39, 0.29) is 17.6 Å². The number of rotatable bonds is 10. The summed E-state index contributed by atoms with van der Waals surface area (Å²) in [6.07, 6.45) is 4.66. The molecule has 1 saturated heterocycles. The molecule has 0 aliphatic carbocycles. The Kier molecular flexibility index (Phi) is 8.45. The van der Waals surface area contributed by atoms with Crippen molar-refractivity contribution >= 4 is 68.1 Å². The van der Waals surface area contributed by atoms with Gasteiger partial charge in [0.2, 0.25) is 5.91 Å². The Labute approximate surface area is 236 Å². The molecule has 3 heterocycles. The summed E-state index contributed by atoms with van der Waals surface area (Å²) in [5.41, 5.74) is 2.91. The number of carbonyl (C=O) groups is 2. The van der Waals surface area contributed by atoms with Crippen molar-refractivity contribution in [2.24, 2.45) is 0 Å². The van der Waals surface area contributed by atoms with Crippen molar-refractivity contribution in [2.45, 2.75) is 35.7 Å². The monoisotopic (exact) mass is 585 g/mol. The minimum absolute atomic E-state index is 0.0417. The van der Waals surface area contributed by atoms with E-state index in [2.05, 4.69) is 4.98 Å². The first-order valence-electron chi connectivity index (χ1n) is 12.0. The lowest BCUT2D eigenvalue weighted by Gasteiger charge is -2.22. The summed E-state index contributed by atoms with van der Waals surface area (Å²) in [6.45, 7) is 0.534. The third kappa shape index (κ3) is 6.44. The molecule has 2 atom stereocenters. The fourth-order valence-corrected chi connectivity index (χ4v) is 7.24. The molecular formula is C27H24ClN3O4S3. The zero-order valence-electron chi connectivity index (χ0n) is 20.1. The van der Waals surface area contributed by atoms with Gasteiger partial charge in [-0.15, -0.1) is 22.7 Å². The maximum absolute atomic E-state index is 12.4. The van der Waals surface area contributed by atoms with Crippen LogP contribution in [0, 0.1) is 0 Å². The second-order valence-electron chi connectivity index (χ2n) is 8.83. The van der Waals surface area contributed by atoms with Crippen LogP contribution >= 0.6 is 46.0 Å². The molecule has 196 valence electrons. The van der Waals surface area contributed by atoms with Crippen molar-refractivity contribution in [2.75, 3.05) is 12.3 Å². The van der Waals surface area contributed by atoms with Crippen LogP contribution in [0.1, 0.15) is 28.9 Å². The fraction of sp³-hybridized carbons (Fsp3) is 0.259. The SMILES string of the molecule is O=C(O)c1csc(SCCN2C(=O)CC[C@@H]2C=C[C@@H](O)Cc2cccc(-c3nc4cc(Cl)ccc4s3)c2)n1. The predicted molar refractivity (Wildman–Crippen MR) is 153 cm³/mol. The van der Waals surface area contributed by atoms with Gasteiger partial charge in [-0.1, -0.05) is 53.7 Å². The number of aromatic carboxylic acids is 1. The van der Waals surface area contributed by atoms with E-state index >= 15 is 0 Å². The molecule has 4 aromatic rings. The molecule has 2 N–H and O–H groups in total. The molecule has 2 aromatic carbocycles. The van der Waals surface area contributed by atoms with E-state index in [1.165, 1.54) is 28.5 Å². The quantitative estimate of drug-likeness (QED) is 0.173. The molecular weight excluding hydrogens is 562 g/mol. The number of thioether (sulfide) groups is 1. The Morgan fingerprint density at radius 2 is 2.13 bits per heavy atom. The van der Waals surface area contributed by atoms with Crippen LogP contribution in [0.4, 0.5) is 0 Å². The Bertz CT molecular complexity index is 1500. The van der Waals surface area contributed by atoms with Crippen LogP contribution in [0.25, 0.3) is 20.8 Å². The van der Waals surface area contributed by atoms with Crippen LogP contribution < -0.4 is 0 Å². The maximum Gasteiger partial charge on any atom is 0.355 e. The zero-order chi connectivity index (χ0) is 26.6. The van der Waals surface area contributed by atoms with Crippen molar-refractivity contribution in [1.29, 1.82) is 0 Å². The first-order valence-corrected chi connectivity index (χ1v) is 15.0. The molecule has 0 saturated carbocycles. The molecule has 0 bridgehead atoms. The lowest BCUT2D eigenvalue weighted by molar-refractivity contribution is -0.128. The number of amides is 1. The van der Waals surface area contributed by atoms with Gasteiger partial charge in [0.05, 0.1) is 22.4 Å². The molecule has 11 heteroatoms. The summed E-state index contributed by atoms with van der Waals surface area (Å²) in [4.78, 5) is 34.0. The number of halogens is 1. The number of carbonyl (C=O) groups excluding carboxylic acids is 1. The second kappa shape index (κ2) is 12.0. The van der Waals surface area contributed by atoms with Gasteiger partial charge >= 0.3 is 5.97 Å². The van der Waals surface area contributed by atoms with Crippen molar-refractivity contribution in [3.63, 3.8) is 0 Å². The number of likely N-dealkylation sites (tertiary alicyclic amines) is 1. The van der Waals surface area contributed by atoms with E-state index in [0.29, 0.717) is 40.9 Å². The number of aromatic nitrogens is 2. The highest BCUT2D eigenvalue weighted by molar-refractivity contribution is 8.01. The summed E-state index contributed by atoms with van der Waals surface area (Å²) in [7, 11) is 0. The van der Waals surface area contributed by atoms with Gasteiger partial charge in [-0.2, -0.15) is 0 Å². The highest BCUT2D eigenvalue weighted by atomic mass is 35.5. The largest absolute Gasteiger partial charge is 0.476 e. The Balaban J connectivity index is 1.18. The van der Waals surface area contributed by atoms with Crippen LogP contribution in [0.5, 0.6) is 0 Å². The molecule has 0 spiro atoms. The highest BCUT2D eigenvalue weighted by Gasteiger charge is 2.28. The van der Waals surface area contributed by atoms with Crippen LogP contribution in [-0.4, -0.2) is 61.4 Å². The number of aliphatic hydroxyl groups is 1. The number of nitrogens with zero attached hydrogens (tertiary/aromatic N) is 3. The third-order valence-electron chi connectivity index (χ3n) is 6.16. The molecule has 0 unspecified atom stereocenters. The number of fused-ring (bicyclic) bond motifs is 1. The van der Waals surface area contributed by atoms with Crippen LogP contribution in [0.2, 0.25) is 5.02 Å². The van der Waals surface area contributed by atoms with E-state index < -0.39 is 12.1 Å².